The molecule has 0 radical (unpaired) electrons. The highest BCUT2D eigenvalue weighted by molar-refractivity contribution is 6.37. The van der Waals surface area contributed by atoms with Crippen molar-refractivity contribution in [2.24, 2.45) is 17.0 Å². The number of rotatable bonds is 17. The normalized spacial score (nSPS) is 15.2. The van der Waals surface area contributed by atoms with E-state index in [0.717, 1.165) is 97.2 Å². The lowest BCUT2D eigenvalue weighted by atomic mass is 9.90. The van der Waals surface area contributed by atoms with Gasteiger partial charge >= 0.3 is 0 Å². The van der Waals surface area contributed by atoms with E-state index < -0.39 is 0 Å². The van der Waals surface area contributed by atoms with E-state index >= 15 is 0 Å². The van der Waals surface area contributed by atoms with Crippen molar-refractivity contribution < 1.29 is 19.1 Å². The summed E-state index contributed by atoms with van der Waals surface area (Å²) in [4.78, 5) is 35.1. The molecule has 57 heavy (non-hydrogen) atoms. The number of fused-ring (bicyclic) bond motifs is 1. The lowest BCUT2D eigenvalue weighted by molar-refractivity contribution is -0.109. The van der Waals surface area contributed by atoms with Gasteiger partial charge in [0.15, 0.2) is 0 Å². The van der Waals surface area contributed by atoms with Crippen molar-refractivity contribution >= 4 is 81.3 Å². The molecule has 5 rings (SSSR count). The molecule has 0 saturated carbocycles. The first-order valence-corrected chi connectivity index (χ1v) is 20.1. The Morgan fingerprint density at radius 3 is 2.47 bits per heavy atom. The molecular weight excluding hydrogens is 759 g/mol. The monoisotopic (exact) mass is 812 g/mol. The minimum atomic E-state index is -0.163. The average molecular weight is 814 g/mol. The smallest absolute Gasteiger partial charge is 0.207 e. The van der Waals surface area contributed by atoms with E-state index in [1.54, 1.807) is 7.05 Å². The van der Waals surface area contributed by atoms with Gasteiger partial charge in [0.2, 0.25) is 6.41 Å². The molecule has 1 amide bonds. The van der Waals surface area contributed by atoms with E-state index in [1.807, 2.05) is 90.2 Å². The van der Waals surface area contributed by atoms with Gasteiger partial charge in [-0.15, -0.1) is 0 Å². The second kappa shape index (κ2) is 20.6. The van der Waals surface area contributed by atoms with Gasteiger partial charge in [-0.25, -0.2) is 4.99 Å². The van der Waals surface area contributed by atoms with Gasteiger partial charge in [0.05, 0.1) is 37.1 Å². The van der Waals surface area contributed by atoms with Crippen LogP contribution in [0.3, 0.4) is 0 Å². The van der Waals surface area contributed by atoms with Crippen molar-refractivity contribution in [2.45, 2.75) is 53.5 Å². The number of hydrogen-bond acceptors (Lipinski definition) is 7. The number of hydrogen-bond donors (Lipinski definition) is 2. The van der Waals surface area contributed by atoms with Crippen LogP contribution < -0.4 is 15.4 Å². The number of morpholine rings is 1. The predicted molar refractivity (Wildman–Crippen MR) is 238 cm³/mol. The predicted octanol–water partition coefficient (Wildman–Crippen LogP) is 9.09. The standard InChI is InChI=1S/C45H54Cl2N6O4/c1-8-37(32(5)51-42(48-6)26-53-15-18-56-19-16-53)43-40(46)13-12-38(45(43)50-31(4)24-49-28-55)34(10-9-17-57-36-20-29(2)44(47)30(3)21-36)23-35-25-52(7)41-14-11-33(27-54)22-39(35)41/h8,11-14,20-23,25,27-28,31,50H,9-10,15-19,24,26H2,1-7H3,(H,49,55)/b34-23+,37-8-,48-42?,51-32?/t31-/m1/s1. The van der Waals surface area contributed by atoms with E-state index in [1.165, 1.54) is 0 Å². The summed E-state index contributed by atoms with van der Waals surface area (Å²) in [6.45, 7) is 14.4. The summed E-state index contributed by atoms with van der Waals surface area (Å²) >= 11 is 13.6. The average Bonchev–Trinajstić information content (AvgIpc) is 3.52. The Labute approximate surface area is 346 Å². The molecule has 2 heterocycles. The molecule has 0 unspecified atom stereocenters. The number of aryl methyl sites for hydroxylation is 3. The zero-order chi connectivity index (χ0) is 41.1. The van der Waals surface area contributed by atoms with Crippen LogP contribution in [0.4, 0.5) is 5.69 Å². The summed E-state index contributed by atoms with van der Waals surface area (Å²) in [6, 6.07) is 13.5. The number of carbonyl (C=O) groups excluding carboxylic acids is 2. The second-order valence-electron chi connectivity index (χ2n) is 14.4. The van der Waals surface area contributed by atoms with Gasteiger partial charge in [-0.2, -0.15) is 0 Å². The number of aldehydes is 1. The fourth-order valence-corrected chi connectivity index (χ4v) is 7.59. The highest BCUT2D eigenvalue weighted by atomic mass is 35.5. The Morgan fingerprint density at radius 2 is 1.81 bits per heavy atom. The van der Waals surface area contributed by atoms with Crippen LogP contribution in [0, 0.1) is 13.8 Å². The molecule has 2 N–H and O–H groups in total. The maximum absolute atomic E-state index is 11.9. The van der Waals surface area contributed by atoms with Crippen LogP contribution in [0.15, 0.2) is 64.7 Å². The van der Waals surface area contributed by atoms with Crippen LogP contribution in [0.25, 0.3) is 28.1 Å². The van der Waals surface area contributed by atoms with Crippen molar-refractivity contribution in [3.8, 4) is 5.75 Å². The molecule has 0 bridgehead atoms. The SMILES string of the molecule is C/C=C(/C(C)=NC(CN1CCOCC1)=NC)c1c(Cl)ccc(/C(=C/c2cn(C)c3ccc(C=O)cc23)CCCOc2cc(C)c(Cl)c(C)c2)c1N[C@H](C)CNC=O. The lowest BCUT2D eigenvalue weighted by Crippen LogP contribution is -2.39. The summed E-state index contributed by atoms with van der Waals surface area (Å²) in [6.07, 6.45) is 9.24. The number of halogens is 2. The van der Waals surface area contributed by atoms with Crippen LogP contribution >= 0.6 is 23.2 Å². The molecular formula is C45H54Cl2N6O4. The van der Waals surface area contributed by atoms with Gasteiger partial charge in [-0.1, -0.05) is 35.3 Å². The van der Waals surface area contributed by atoms with Crippen LogP contribution in [-0.4, -0.2) is 92.8 Å². The molecule has 0 spiro atoms. The van der Waals surface area contributed by atoms with Crippen molar-refractivity contribution in [1.82, 2.24) is 14.8 Å². The van der Waals surface area contributed by atoms with Gasteiger partial charge in [0.1, 0.15) is 17.9 Å². The minimum absolute atomic E-state index is 0.163. The Bertz CT molecular complexity index is 2180. The molecule has 302 valence electrons. The third-order valence-electron chi connectivity index (χ3n) is 10.1. The van der Waals surface area contributed by atoms with E-state index in [4.69, 9.17) is 37.7 Å². The number of nitrogens with zero attached hydrogens (tertiary/aromatic N) is 4. The first-order valence-electron chi connectivity index (χ1n) is 19.4. The molecule has 4 aromatic rings. The molecule has 3 aromatic carbocycles. The first kappa shape index (κ1) is 43.4. The number of amidine groups is 1. The van der Waals surface area contributed by atoms with Crippen LogP contribution in [0.1, 0.15) is 71.8 Å². The lowest BCUT2D eigenvalue weighted by Gasteiger charge is -2.26. The van der Waals surface area contributed by atoms with Crippen molar-refractivity contribution in [1.29, 1.82) is 0 Å². The topological polar surface area (TPSA) is 110 Å². The number of amides is 1. The fraction of sp³-hybridized carbons (Fsp3) is 0.378. The third kappa shape index (κ3) is 11.0. The highest BCUT2D eigenvalue weighted by Crippen LogP contribution is 2.41. The highest BCUT2D eigenvalue weighted by Gasteiger charge is 2.23. The van der Waals surface area contributed by atoms with E-state index in [0.29, 0.717) is 62.7 Å². The number of benzene rings is 3. The molecule has 1 fully saturated rings. The van der Waals surface area contributed by atoms with Crippen molar-refractivity contribution in [3.05, 3.63) is 98.2 Å². The van der Waals surface area contributed by atoms with Crippen LogP contribution in [0.2, 0.25) is 10.0 Å². The zero-order valence-corrected chi connectivity index (χ0v) is 35.6. The number of carbonyl (C=O) groups is 2. The van der Waals surface area contributed by atoms with E-state index in [-0.39, 0.29) is 6.04 Å². The van der Waals surface area contributed by atoms with E-state index in [9.17, 15) is 9.59 Å². The number of allylic oxidation sites excluding steroid dienone is 3. The molecule has 1 aliphatic heterocycles. The van der Waals surface area contributed by atoms with Gasteiger partial charge in [-0.3, -0.25) is 19.5 Å². The van der Waals surface area contributed by atoms with Gasteiger partial charge in [0.25, 0.3) is 0 Å². The molecule has 0 aliphatic carbocycles. The summed E-state index contributed by atoms with van der Waals surface area (Å²) < 4.78 is 13.9. The number of anilines is 1. The second-order valence-corrected chi connectivity index (χ2v) is 15.2. The van der Waals surface area contributed by atoms with Gasteiger partial charge in [-0.05, 0) is 107 Å². The van der Waals surface area contributed by atoms with Gasteiger partial charge in [0, 0.05) is 95.4 Å². The quantitative estimate of drug-likeness (QED) is 0.0477. The number of aromatic nitrogens is 1. The molecule has 10 nitrogen and oxygen atoms in total. The van der Waals surface area contributed by atoms with E-state index in [2.05, 4.69) is 37.4 Å². The zero-order valence-electron chi connectivity index (χ0n) is 34.0. The first-order chi connectivity index (χ1) is 27.5. The third-order valence-corrected chi connectivity index (χ3v) is 11.1. The summed E-state index contributed by atoms with van der Waals surface area (Å²) in [5, 5.41) is 8.82. The Hall–Kier alpha value is -4.74. The summed E-state index contributed by atoms with van der Waals surface area (Å²) in [5.74, 6) is 1.50. The minimum Gasteiger partial charge on any atom is -0.494 e. The molecule has 1 saturated heterocycles. The maximum Gasteiger partial charge on any atom is 0.207 e. The molecule has 1 aliphatic rings. The fourth-order valence-electron chi connectivity index (χ4n) is 7.23. The Kier molecular flexibility index (Phi) is 15.7. The summed E-state index contributed by atoms with van der Waals surface area (Å²) in [5.41, 5.74) is 9.77. The molecule has 1 aromatic heterocycles. The maximum atomic E-state index is 11.9. The number of ether oxygens (including phenoxy) is 2. The summed E-state index contributed by atoms with van der Waals surface area (Å²) in [7, 11) is 3.78. The number of aliphatic imine (C=N–C) groups is 2. The Balaban J connectivity index is 1.63. The molecule has 12 heteroatoms. The van der Waals surface area contributed by atoms with Crippen LogP contribution in [-0.2, 0) is 16.6 Å². The van der Waals surface area contributed by atoms with Crippen LogP contribution in [0.5, 0.6) is 5.75 Å². The van der Waals surface area contributed by atoms with Crippen molar-refractivity contribution in [3.63, 3.8) is 0 Å². The molecule has 1 atom stereocenters. The Morgan fingerprint density at radius 1 is 1.07 bits per heavy atom. The number of nitrogens with one attached hydrogen (secondary N) is 2. The largest absolute Gasteiger partial charge is 0.494 e. The van der Waals surface area contributed by atoms with Crippen molar-refractivity contribution in [2.75, 3.05) is 58.4 Å². The van der Waals surface area contributed by atoms with Gasteiger partial charge < -0.3 is 24.7 Å².